The lowest BCUT2D eigenvalue weighted by Crippen LogP contribution is -2.43. The van der Waals surface area contributed by atoms with E-state index in [4.69, 9.17) is 0 Å². The first kappa shape index (κ1) is 17.4. The Morgan fingerprint density at radius 1 is 1.24 bits per heavy atom. The van der Waals surface area contributed by atoms with E-state index in [1.165, 1.54) is 13.1 Å². The van der Waals surface area contributed by atoms with Gasteiger partial charge in [-0.2, -0.15) is 13.2 Å². The molecule has 0 spiro atoms. The molecule has 0 radical (unpaired) electrons. The van der Waals surface area contributed by atoms with Gasteiger partial charge in [-0.1, -0.05) is 0 Å². The first-order valence-electron chi connectivity index (χ1n) is 6.28. The minimum atomic E-state index is -4.63. The van der Waals surface area contributed by atoms with Crippen LogP contribution in [0.5, 0.6) is 0 Å². The number of rotatable bonds is 6. The molecular weight excluding hydrogens is 287 g/mol. The number of likely N-dealkylation sites (N-methyl/N-ethyl adjacent to an activating group) is 1. The van der Waals surface area contributed by atoms with Crippen molar-refractivity contribution in [3.05, 3.63) is 11.9 Å². The van der Waals surface area contributed by atoms with Gasteiger partial charge in [0.25, 0.3) is 0 Å². The van der Waals surface area contributed by atoms with E-state index < -0.39 is 17.6 Å². The number of hydrogen-bond acceptors (Lipinski definition) is 6. The van der Waals surface area contributed by atoms with Crippen LogP contribution in [0.3, 0.4) is 0 Å². The maximum absolute atomic E-state index is 12.7. The van der Waals surface area contributed by atoms with Crippen molar-refractivity contribution in [2.45, 2.75) is 18.7 Å². The molecule has 0 fully saturated rings. The van der Waals surface area contributed by atoms with Crippen LogP contribution in [0.15, 0.2) is 6.07 Å². The lowest BCUT2D eigenvalue weighted by molar-refractivity contribution is -0.144. The van der Waals surface area contributed by atoms with Gasteiger partial charge in [-0.15, -0.1) is 0 Å². The summed E-state index contributed by atoms with van der Waals surface area (Å²) in [7, 11) is 5.05. The molecule has 0 saturated heterocycles. The van der Waals surface area contributed by atoms with Gasteiger partial charge in [-0.05, 0) is 21.0 Å². The first-order valence-corrected chi connectivity index (χ1v) is 6.28. The van der Waals surface area contributed by atoms with Gasteiger partial charge in [0.05, 0.1) is 5.60 Å². The largest absolute Gasteiger partial charge is 0.451 e. The predicted molar refractivity (Wildman–Crippen MR) is 74.2 cm³/mol. The molecule has 6 nitrogen and oxygen atoms in total. The van der Waals surface area contributed by atoms with Crippen LogP contribution in [-0.4, -0.2) is 59.8 Å². The van der Waals surface area contributed by atoms with Crippen LogP contribution in [0.4, 0.5) is 24.8 Å². The van der Waals surface area contributed by atoms with Gasteiger partial charge in [0, 0.05) is 26.2 Å². The summed E-state index contributed by atoms with van der Waals surface area (Å²) < 4.78 is 38.1. The Kier molecular flexibility index (Phi) is 5.35. The molecule has 21 heavy (non-hydrogen) atoms. The second-order valence-electron chi connectivity index (χ2n) is 5.30. The van der Waals surface area contributed by atoms with E-state index in [1.54, 1.807) is 25.9 Å². The van der Waals surface area contributed by atoms with Crippen LogP contribution in [0.25, 0.3) is 0 Å². The standard InChI is InChI=1S/C12H20F3N5O/c1-11(21,7-20(3)4)6-17-9-5-8(16-2)18-10(19-9)12(13,14)15/h5,21H,6-7H2,1-4H3,(H2,16,17,18,19). The zero-order chi connectivity index (χ0) is 16.3. The fraction of sp³-hybridized carbons (Fsp3) is 0.667. The average molecular weight is 307 g/mol. The van der Waals surface area contributed by atoms with Crippen molar-refractivity contribution >= 4 is 11.6 Å². The van der Waals surface area contributed by atoms with E-state index in [-0.39, 0.29) is 18.2 Å². The highest BCUT2D eigenvalue weighted by Crippen LogP contribution is 2.28. The Hall–Kier alpha value is -1.61. The van der Waals surface area contributed by atoms with Crippen LogP contribution in [0.2, 0.25) is 0 Å². The second-order valence-corrected chi connectivity index (χ2v) is 5.30. The molecule has 0 aliphatic carbocycles. The number of aliphatic hydroxyl groups is 1. The Labute approximate surface area is 121 Å². The average Bonchev–Trinajstić information content (AvgIpc) is 2.33. The molecule has 1 heterocycles. The van der Waals surface area contributed by atoms with E-state index >= 15 is 0 Å². The summed E-state index contributed by atoms with van der Waals surface area (Å²) in [6.45, 7) is 2.00. The summed E-state index contributed by atoms with van der Waals surface area (Å²) >= 11 is 0. The van der Waals surface area contributed by atoms with Crippen LogP contribution < -0.4 is 10.6 Å². The lowest BCUT2D eigenvalue weighted by atomic mass is 10.1. The summed E-state index contributed by atoms with van der Waals surface area (Å²) in [5, 5.41) is 15.4. The number of hydrogen-bond donors (Lipinski definition) is 3. The summed E-state index contributed by atoms with van der Waals surface area (Å²) in [6, 6.07) is 1.35. The molecule has 1 aromatic rings. The van der Waals surface area contributed by atoms with Crippen molar-refractivity contribution in [2.24, 2.45) is 0 Å². The molecule has 0 saturated carbocycles. The highest BCUT2D eigenvalue weighted by atomic mass is 19.4. The zero-order valence-corrected chi connectivity index (χ0v) is 12.4. The van der Waals surface area contributed by atoms with E-state index in [9.17, 15) is 18.3 Å². The van der Waals surface area contributed by atoms with Gasteiger partial charge in [0.1, 0.15) is 11.6 Å². The highest BCUT2D eigenvalue weighted by molar-refractivity contribution is 5.47. The van der Waals surface area contributed by atoms with Gasteiger partial charge < -0.3 is 20.6 Å². The molecule has 0 aromatic carbocycles. The predicted octanol–water partition coefficient (Wildman–Crippen LogP) is 1.26. The maximum atomic E-state index is 12.7. The lowest BCUT2D eigenvalue weighted by Gasteiger charge is -2.27. The molecule has 1 rings (SSSR count). The Bertz CT molecular complexity index is 476. The smallest absolute Gasteiger partial charge is 0.387 e. The summed E-state index contributed by atoms with van der Waals surface area (Å²) in [6.07, 6.45) is -4.63. The van der Waals surface area contributed by atoms with Crippen molar-refractivity contribution in [1.82, 2.24) is 14.9 Å². The van der Waals surface area contributed by atoms with Gasteiger partial charge in [-0.25, -0.2) is 9.97 Å². The van der Waals surface area contributed by atoms with Gasteiger partial charge in [0.15, 0.2) is 0 Å². The molecule has 1 atom stereocenters. The third-order valence-corrected chi connectivity index (χ3v) is 2.54. The molecular formula is C12H20F3N5O. The SMILES string of the molecule is CNc1cc(NCC(C)(O)CN(C)C)nc(C(F)(F)F)n1. The number of anilines is 2. The normalized spacial score (nSPS) is 14.9. The monoisotopic (exact) mass is 307 g/mol. The van der Waals surface area contributed by atoms with Crippen LogP contribution in [-0.2, 0) is 6.18 Å². The van der Waals surface area contributed by atoms with Crippen molar-refractivity contribution < 1.29 is 18.3 Å². The van der Waals surface area contributed by atoms with Crippen LogP contribution >= 0.6 is 0 Å². The maximum Gasteiger partial charge on any atom is 0.451 e. The van der Waals surface area contributed by atoms with Gasteiger partial charge in [0.2, 0.25) is 5.82 Å². The molecule has 1 aromatic heterocycles. The number of nitrogens with one attached hydrogen (secondary N) is 2. The molecule has 9 heteroatoms. The van der Waals surface area contributed by atoms with E-state index in [0.717, 1.165) is 0 Å². The fourth-order valence-electron chi connectivity index (χ4n) is 1.81. The van der Waals surface area contributed by atoms with Gasteiger partial charge >= 0.3 is 6.18 Å². The number of aromatic nitrogens is 2. The quantitative estimate of drug-likeness (QED) is 0.735. The minimum Gasteiger partial charge on any atom is -0.387 e. The number of alkyl halides is 3. The molecule has 0 aliphatic rings. The zero-order valence-electron chi connectivity index (χ0n) is 12.4. The van der Waals surface area contributed by atoms with E-state index in [2.05, 4.69) is 20.6 Å². The van der Waals surface area contributed by atoms with Crippen LogP contribution in [0, 0.1) is 0 Å². The number of halogens is 3. The molecule has 3 N–H and O–H groups in total. The molecule has 0 bridgehead atoms. The molecule has 0 amide bonds. The van der Waals surface area contributed by atoms with E-state index in [0.29, 0.717) is 6.54 Å². The van der Waals surface area contributed by atoms with Crippen molar-refractivity contribution in [1.29, 1.82) is 0 Å². The van der Waals surface area contributed by atoms with Crippen LogP contribution in [0.1, 0.15) is 12.7 Å². The van der Waals surface area contributed by atoms with Crippen molar-refractivity contribution in [3.63, 3.8) is 0 Å². The summed E-state index contributed by atoms with van der Waals surface area (Å²) in [4.78, 5) is 8.56. The van der Waals surface area contributed by atoms with E-state index in [1.807, 2.05) is 0 Å². The third kappa shape index (κ3) is 5.72. The molecule has 120 valence electrons. The third-order valence-electron chi connectivity index (χ3n) is 2.54. The fourth-order valence-corrected chi connectivity index (χ4v) is 1.81. The topological polar surface area (TPSA) is 73.3 Å². The Morgan fingerprint density at radius 2 is 1.81 bits per heavy atom. The summed E-state index contributed by atoms with van der Waals surface area (Å²) in [5.74, 6) is -1.18. The van der Waals surface area contributed by atoms with Gasteiger partial charge in [-0.3, -0.25) is 0 Å². The first-order chi connectivity index (χ1) is 9.53. The number of nitrogens with zero attached hydrogens (tertiary/aromatic N) is 3. The minimum absolute atomic E-state index is 0.000654. The Balaban J connectivity index is 2.88. The molecule has 0 aliphatic heterocycles. The van der Waals surface area contributed by atoms with Crippen molar-refractivity contribution in [2.75, 3.05) is 44.9 Å². The highest BCUT2D eigenvalue weighted by Gasteiger charge is 2.35. The summed E-state index contributed by atoms with van der Waals surface area (Å²) in [5.41, 5.74) is -1.10. The second kappa shape index (κ2) is 6.44. The van der Waals surface area contributed by atoms with Crippen molar-refractivity contribution in [3.8, 4) is 0 Å². The Morgan fingerprint density at radius 3 is 2.29 bits per heavy atom. The molecule has 1 unspecified atom stereocenters.